The lowest BCUT2D eigenvalue weighted by molar-refractivity contribution is -0.397. The van der Waals surface area contributed by atoms with Gasteiger partial charge in [0.25, 0.3) is 5.69 Å². The van der Waals surface area contributed by atoms with E-state index in [1.54, 1.807) is 0 Å². The summed E-state index contributed by atoms with van der Waals surface area (Å²) in [5, 5.41) is 24.9. The number of esters is 1. The summed E-state index contributed by atoms with van der Waals surface area (Å²) in [6.45, 7) is 1.49. The second-order valence-corrected chi connectivity index (χ2v) is 4.52. The molecule has 0 saturated heterocycles. The zero-order valence-electron chi connectivity index (χ0n) is 11.9. The van der Waals surface area contributed by atoms with E-state index < -0.39 is 27.9 Å². The lowest BCUT2D eigenvalue weighted by Crippen LogP contribution is -2.22. The van der Waals surface area contributed by atoms with Crippen molar-refractivity contribution in [2.24, 2.45) is 0 Å². The number of nitrogens with zero attached hydrogens (tertiary/aromatic N) is 5. The number of nitro groups is 2. The maximum atomic E-state index is 11.9. The number of rotatable bonds is 6. The summed E-state index contributed by atoms with van der Waals surface area (Å²) in [5.41, 5.74) is -0.0108. The van der Waals surface area contributed by atoms with Crippen LogP contribution in [0.3, 0.4) is 0 Å². The normalized spacial score (nSPS) is 11.7. The number of carbonyl (C=O) groups excluding carboxylic acids is 1. The predicted molar refractivity (Wildman–Crippen MR) is 74.7 cm³/mol. The third-order valence-electron chi connectivity index (χ3n) is 2.81. The lowest BCUT2D eigenvalue weighted by Gasteiger charge is -2.11. The molecule has 0 aliphatic rings. The van der Waals surface area contributed by atoms with E-state index in [2.05, 4.69) is 10.1 Å². The topological polar surface area (TPSA) is 143 Å². The van der Waals surface area contributed by atoms with Gasteiger partial charge < -0.3 is 14.9 Å². The van der Waals surface area contributed by atoms with E-state index in [1.807, 2.05) is 0 Å². The number of benzene rings is 1. The third-order valence-corrected chi connectivity index (χ3v) is 2.81. The summed E-state index contributed by atoms with van der Waals surface area (Å²) in [6, 6.07) is 4.91. The van der Waals surface area contributed by atoms with Crippen molar-refractivity contribution in [1.29, 1.82) is 0 Å². The Balaban J connectivity index is 2.00. The van der Waals surface area contributed by atoms with Crippen LogP contribution in [0.2, 0.25) is 0 Å². The van der Waals surface area contributed by atoms with Gasteiger partial charge in [0.15, 0.2) is 0 Å². The second-order valence-electron chi connectivity index (χ2n) is 4.52. The largest absolute Gasteiger partial charge is 0.456 e. The van der Waals surface area contributed by atoms with Crippen LogP contribution in [0.4, 0.5) is 11.6 Å². The van der Waals surface area contributed by atoms with E-state index in [4.69, 9.17) is 4.74 Å². The molecule has 0 aliphatic heterocycles. The highest BCUT2D eigenvalue weighted by molar-refractivity contribution is 5.89. The van der Waals surface area contributed by atoms with Crippen LogP contribution in [0, 0.1) is 20.2 Å². The lowest BCUT2D eigenvalue weighted by atomic mass is 10.2. The predicted octanol–water partition coefficient (Wildman–Crippen LogP) is 1.34. The van der Waals surface area contributed by atoms with Crippen molar-refractivity contribution in [3.63, 3.8) is 0 Å². The number of carbonyl (C=O) groups is 1. The molecule has 1 aromatic carbocycles. The fourth-order valence-electron chi connectivity index (χ4n) is 1.78. The van der Waals surface area contributed by atoms with Crippen molar-refractivity contribution < 1.29 is 19.4 Å². The Hall–Kier alpha value is -3.37. The molecule has 120 valence electrons. The molecule has 0 bridgehead atoms. The van der Waals surface area contributed by atoms with Crippen LogP contribution in [0.25, 0.3) is 0 Å². The third kappa shape index (κ3) is 3.84. The van der Waals surface area contributed by atoms with Gasteiger partial charge in [0.05, 0.1) is 10.5 Å². The molecule has 2 aromatic rings. The van der Waals surface area contributed by atoms with Gasteiger partial charge in [-0.3, -0.25) is 10.1 Å². The molecule has 23 heavy (non-hydrogen) atoms. The van der Waals surface area contributed by atoms with Gasteiger partial charge in [-0.1, -0.05) is 10.1 Å². The number of aromatic nitrogens is 3. The smallest absolute Gasteiger partial charge is 0.455 e. The van der Waals surface area contributed by atoms with Gasteiger partial charge in [0.1, 0.15) is 12.6 Å². The van der Waals surface area contributed by atoms with Crippen molar-refractivity contribution in [2.45, 2.75) is 19.6 Å². The number of nitro benzene ring substituents is 1. The minimum Gasteiger partial charge on any atom is -0.456 e. The molecule has 1 heterocycles. The SMILES string of the molecule is CC(Cn1ncnc1[N+](=O)[O-])OC(=O)c1ccc([N+](=O)[O-])cc1. The number of non-ortho nitro benzene ring substituents is 1. The minimum absolute atomic E-state index is 0.0466. The summed E-state index contributed by atoms with van der Waals surface area (Å²) >= 11 is 0. The molecular weight excluding hydrogens is 310 g/mol. The summed E-state index contributed by atoms with van der Waals surface area (Å²) in [7, 11) is 0. The first-order chi connectivity index (χ1) is 10.9. The van der Waals surface area contributed by atoms with Crippen molar-refractivity contribution in [2.75, 3.05) is 0 Å². The molecule has 2 rings (SSSR count). The number of hydrogen-bond acceptors (Lipinski definition) is 8. The Morgan fingerprint density at radius 1 is 1.26 bits per heavy atom. The van der Waals surface area contributed by atoms with E-state index in [1.165, 1.54) is 31.2 Å². The number of hydrogen-bond donors (Lipinski definition) is 0. The highest BCUT2D eigenvalue weighted by Crippen LogP contribution is 2.14. The molecule has 0 amide bonds. The van der Waals surface area contributed by atoms with Crippen LogP contribution in [-0.4, -0.2) is 36.7 Å². The molecule has 0 aliphatic carbocycles. The summed E-state index contributed by atoms with van der Waals surface area (Å²) in [5.74, 6) is -1.15. The minimum atomic E-state index is -0.710. The Morgan fingerprint density at radius 2 is 1.91 bits per heavy atom. The molecule has 1 unspecified atom stereocenters. The summed E-state index contributed by atoms with van der Waals surface area (Å²) < 4.78 is 6.13. The van der Waals surface area contributed by atoms with Gasteiger partial charge in [0, 0.05) is 12.1 Å². The molecule has 11 nitrogen and oxygen atoms in total. The summed E-state index contributed by atoms with van der Waals surface area (Å²) in [4.78, 5) is 35.4. The van der Waals surface area contributed by atoms with Crippen LogP contribution < -0.4 is 0 Å². The average molecular weight is 321 g/mol. The van der Waals surface area contributed by atoms with Crippen molar-refractivity contribution in [3.05, 3.63) is 56.4 Å². The standard InChI is InChI=1S/C12H11N5O6/c1-8(6-15-12(17(21)22)13-7-14-15)23-11(18)9-2-4-10(5-3-9)16(19)20/h2-5,7-8H,6H2,1H3. The molecule has 0 saturated carbocycles. The van der Waals surface area contributed by atoms with Crippen molar-refractivity contribution >= 4 is 17.6 Å². The first-order valence-electron chi connectivity index (χ1n) is 6.36. The van der Waals surface area contributed by atoms with E-state index >= 15 is 0 Å². The molecule has 0 N–H and O–H groups in total. The summed E-state index contributed by atoms with van der Waals surface area (Å²) in [6.07, 6.45) is 0.321. The fraction of sp³-hybridized carbons (Fsp3) is 0.250. The quantitative estimate of drug-likeness (QED) is 0.440. The van der Waals surface area contributed by atoms with Crippen molar-refractivity contribution in [1.82, 2.24) is 14.8 Å². The van der Waals surface area contributed by atoms with E-state index in [0.29, 0.717) is 0 Å². The molecule has 11 heteroatoms. The van der Waals surface area contributed by atoms with Crippen LogP contribution in [0.1, 0.15) is 17.3 Å². The van der Waals surface area contributed by atoms with Gasteiger partial charge in [-0.05, 0) is 24.0 Å². The number of ether oxygens (including phenoxy) is 1. The van der Waals surface area contributed by atoms with Crippen LogP contribution >= 0.6 is 0 Å². The van der Waals surface area contributed by atoms with Gasteiger partial charge in [0.2, 0.25) is 6.33 Å². The second kappa shape index (κ2) is 6.60. The Kier molecular flexibility index (Phi) is 4.59. The zero-order chi connectivity index (χ0) is 17.0. The maximum Gasteiger partial charge on any atom is 0.455 e. The Morgan fingerprint density at radius 3 is 2.48 bits per heavy atom. The van der Waals surface area contributed by atoms with Crippen LogP contribution in [0.5, 0.6) is 0 Å². The van der Waals surface area contributed by atoms with Gasteiger partial charge in [-0.15, -0.1) is 4.68 Å². The zero-order valence-corrected chi connectivity index (χ0v) is 11.9. The molecule has 0 spiro atoms. The van der Waals surface area contributed by atoms with Crippen molar-refractivity contribution in [3.8, 4) is 0 Å². The van der Waals surface area contributed by atoms with Crippen LogP contribution in [0.15, 0.2) is 30.6 Å². The first-order valence-corrected chi connectivity index (χ1v) is 6.36. The molecule has 1 atom stereocenters. The van der Waals surface area contributed by atoms with E-state index in [0.717, 1.165) is 11.0 Å². The molecule has 0 radical (unpaired) electrons. The molecule has 0 fully saturated rings. The van der Waals surface area contributed by atoms with Gasteiger partial charge in [-0.25, -0.2) is 4.79 Å². The Bertz CT molecular complexity index is 741. The Labute approximate surface area is 128 Å². The molecular formula is C12H11N5O6. The highest BCUT2D eigenvalue weighted by atomic mass is 16.6. The monoisotopic (exact) mass is 321 g/mol. The maximum absolute atomic E-state index is 11.9. The van der Waals surface area contributed by atoms with E-state index in [9.17, 15) is 25.0 Å². The fourth-order valence-corrected chi connectivity index (χ4v) is 1.78. The van der Waals surface area contributed by atoms with Crippen LogP contribution in [-0.2, 0) is 11.3 Å². The average Bonchev–Trinajstić information content (AvgIpc) is 2.95. The molecule has 1 aromatic heterocycles. The highest BCUT2D eigenvalue weighted by Gasteiger charge is 2.21. The van der Waals surface area contributed by atoms with Gasteiger partial charge in [-0.2, -0.15) is 0 Å². The van der Waals surface area contributed by atoms with E-state index in [-0.39, 0.29) is 17.8 Å². The van der Waals surface area contributed by atoms with Gasteiger partial charge >= 0.3 is 11.9 Å². The first kappa shape index (κ1) is 16.0.